The Morgan fingerprint density at radius 1 is 1.36 bits per heavy atom. The average molecular weight is 301 g/mol. The Morgan fingerprint density at radius 3 is 2.86 bits per heavy atom. The maximum Gasteiger partial charge on any atom is 0.274 e. The van der Waals surface area contributed by atoms with Gasteiger partial charge >= 0.3 is 0 Å². The van der Waals surface area contributed by atoms with Gasteiger partial charge in [0.15, 0.2) is 5.82 Å². The molecular weight excluding hydrogens is 282 g/mol. The summed E-state index contributed by atoms with van der Waals surface area (Å²) in [5, 5.41) is 6.80. The van der Waals surface area contributed by atoms with Crippen molar-refractivity contribution in [3.05, 3.63) is 29.9 Å². The van der Waals surface area contributed by atoms with Crippen molar-refractivity contribution < 1.29 is 9.32 Å². The first kappa shape index (κ1) is 14.5. The summed E-state index contributed by atoms with van der Waals surface area (Å²) >= 11 is 0. The molecule has 1 aliphatic rings. The number of likely N-dealkylation sites (tertiary alicyclic amines) is 1. The molecule has 22 heavy (non-hydrogen) atoms. The van der Waals surface area contributed by atoms with E-state index in [9.17, 15) is 4.79 Å². The largest absolute Gasteiger partial charge is 0.360 e. The molecule has 0 radical (unpaired) electrons. The predicted molar refractivity (Wildman–Crippen MR) is 80.9 cm³/mol. The molecule has 0 aromatic carbocycles. The molecule has 1 aliphatic heterocycles. The minimum atomic E-state index is -0.0529. The molecule has 1 amide bonds. The number of carbonyl (C=O) groups excluding carboxylic acids is 1. The number of piperidine rings is 1. The van der Waals surface area contributed by atoms with Crippen molar-refractivity contribution in [2.45, 2.75) is 26.7 Å². The van der Waals surface area contributed by atoms with Crippen molar-refractivity contribution in [2.75, 3.05) is 18.4 Å². The van der Waals surface area contributed by atoms with Crippen LogP contribution in [0.15, 0.2) is 23.0 Å². The van der Waals surface area contributed by atoms with Gasteiger partial charge in [-0.1, -0.05) is 12.1 Å². The van der Waals surface area contributed by atoms with Gasteiger partial charge in [0.05, 0.1) is 12.4 Å². The average Bonchev–Trinajstić information content (AvgIpc) is 2.92. The summed E-state index contributed by atoms with van der Waals surface area (Å²) in [6.45, 7) is 5.56. The fraction of sp³-hybridized carbons (Fsp3) is 0.467. The van der Waals surface area contributed by atoms with E-state index >= 15 is 0 Å². The Labute approximate surface area is 128 Å². The second kappa shape index (κ2) is 6.13. The van der Waals surface area contributed by atoms with Crippen LogP contribution in [-0.2, 0) is 0 Å². The van der Waals surface area contributed by atoms with Crippen LogP contribution in [-0.4, -0.2) is 39.0 Å². The number of nitrogens with one attached hydrogen (secondary N) is 1. The molecule has 7 heteroatoms. The molecule has 3 rings (SSSR count). The van der Waals surface area contributed by atoms with E-state index in [-0.39, 0.29) is 5.91 Å². The van der Waals surface area contributed by atoms with E-state index in [1.165, 1.54) is 18.8 Å². The fourth-order valence-electron chi connectivity index (χ4n) is 2.60. The van der Waals surface area contributed by atoms with Crippen molar-refractivity contribution in [1.82, 2.24) is 20.0 Å². The van der Waals surface area contributed by atoms with Crippen LogP contribution in [0.3, 0.4) is 0 Å². The number of hydrogen-bond donors (Lipinski definition) is 1. The van der Waals surface area contributed by atoms with Crippen LogP contribution in [0.1, 0.15) is 36.0 Å². The van der Waals surface area contributed by atoms with Gasteiger partial charge in [-0.05, 0) is 25.7 Å². The van der Waals surface area contributed by atoms with Gasteiger partial charge in [0, 0.05) is 19.2 Å². The van der Waals surface area contributed by atoms with Gasteiger partial charge in [0.2, 0.25) is 0 Å². The van der Waals surface area contributed by atoms with Gasteiger partial charge in [-0.25, -0.2) is 9.97 Å². The Bertz CT molecular complexity index is 652. The molecule has 1 N–H and O–H groups in total. The Morgan fingerprint density at radius 2 is 2.23 bits per heavy atom. The molecule has 7 nitrogen and oxygen atoms in total. The van der Waals surface area contributed by atoms with Crippen molar-refractivity contribution in [1.29, 1.82) is 0 Å². The lowest BCUT2D eigenvalue weighted by atomic mass is 10.0. The molecular formula is C15H19N5O2. The molecule has 116 valence electrons. The Hall–Kier alpha value is -2.44. The van der Waals surface area contributed by atoms with Crippen LogP contribution in [0.25, 0.3) is 0 Å². The van der Waals surface area contributed by atoms with E-state index < -0.39 is 0 Å². The summed E-state index contributed by atoms with van der Waals surface area (Å²) in [4.78, 5) is 22.7. The number of amides is 1. The zero-order chi connectivity index (χ0) is 15.5. The standard InChI is InChI=1S/C15H19N5O2/c1-10-4-3-5-20(9-10)15(21)12-7-17-14(8-16-12)18-13-6-11(2)22-19-13/h6-8,10H,3-5,9H2,1-2H3,(H,17,18,19). The van der Waals surface area contributed by atoms with Crippen molar-refractivity contribution in [2.24, 2.45) is 5.92 Å². The second-order valence-electron chi connectivity index (χ2n) is 5.73. The third kappa shape index (κ3) is 3.24. The monoisotopic (exact) mass is 301 g/mol. The number of rotatable bonds is 3. The number of aromatic nitrogens is 3. The highest BCUT2D eigenvalue weighted by atomic mass is 16.5. The van der Waals surface area contributed by atoms with Gasteiger partial charge in [-0.15, -0.1) is 0 Å². The van der Waals surface area contributed by atoms with Crippen LogP contribution in [0, 0.1) is 12.8 Å². The molecule has 0 spiro atoms. The van der Waals surface area contributed by atoms with Crippen molar-refractivity contribution in [3.8, 4) is 0 Å². The lowest BCUT2D eigenvalue weighted by Crippen LogP contribution is -2.39. The summed E-state index contributed by atoms with van der Waals surface area (Å²) in [6.07, 6.45) is 5.25. The summed E-state index contributed by atoms with van der Waals surface area (Å²) in [5.74, 6) is 2.29. The van der Waals surface area contributed by atoms with Gasteiger partial charge in [0.1, 0.15) is 17.3 Å². The van der Waals surface area contributed by atoms with Gasteiger partial charge in [-0.2, -0.15) is 0 Å². The zero-order valence-electron chi connectivity index (χ0n) is 12.7. The smallest absolute Gasteiger partial charge is 0.274 e. The summed E-state index contributed by atoms with van der Waals surface area (Å²) in [6, 6.07) is 1.76. The molecule has 1 fully saturated rings. The third-order valence-electron chi connectivity index (χ3n) is 3.70. The number of carbonyl (C=O) groups is 1. The van der Waals surface area contributed by atoms with Crippen LogP contribution in [0.4, 0.5) is 11.6 Å². The Kier molecular flexibility index (Phi) is 4.04. The molecule has 0 bridgehead atoms. The highest BCUT2D eigenvalue weighted by Crippen LogP contribution is 2.18. The highest BCUT2D eigenvalue weighted by Gasteiger charge is 2.23. The minimum absolute atomic E-state index is 0.0529. The molecule has 1 atom stereocenters. The molecule has 2 aromatic heterocycles. The molecule has 1 saturated heterocycles. The lowest BCUT2D eigenvalue weighted by Gasteiger charge is -2.30. The number of hydrogen-bond acceptors (Lipinski definition) is 6. The lowest BCUT2D eigenvalue weighted by molar-refractivity contribution is 0.0676. The van der Waals surface area contributed by atoms with E-state index in [0.29, 0.717) is 29.0 Å². The van der Waals surface area contributed by atoms with Crippen LogP contribution >= 0.6 is 0 Å². The van der Waals surface area contributed by atoms with Crippen molar-refractivity contribution in [3.63, 3.8) is 0 Å². The second-order valence-corrected chi connectivity index (χ2v) is 5.73. The first-order chi connectivity index (χ1) is 10.6. The minimum Gasteiger partial charge on any atom is -0.360 e. The number of anilines is 2. The number of aryl methyl sites for hydroxylation is 1. The summed E-state index contributed by atoms with van der Waals surface area (Å²) < 4.78 is 4.97. The molecule has 1 unspecified atom stereocenters. The van der Waals surface area contributed by atoms with Crippen LogP contribution in [0.5, 0.6) is 0 Å². The zero-order valence-corrected chi connectivity index (χ0v) is 12.7. The Balaban J connectivity index is 1.67. The first-order valence-corrected chi connectivity index (χ1v) is 7.43. The van der Waals surface area contributed by atoms with E-state index in [2.05, 4.69) is 27.4 Å². The van der Waals surface area contributed by atoms with Crippen molar-refractivity contribution >= 4 is 17.5 Å². The van der Waals surface area contributed by atoms with Gasteiger partial charge < -0.3 is 14.7 Å². The van der Waals surface area contributed by atoms with E-state index in [4.69, 9.17) is 4.52 Å². The van der Waals surface area contributed by atoms with Gasteiger partial charge in [0.25, 0.3) is 5.91 Å². The summed E-state index contributed by atoms with van der Waals surface area (Å²) in [7, 11) is 0. The van der Waals surface area contributed by atoms with E-state index in [0.717, 1.165) is 19.5 Å². The van der Waals surface area contributed by atoms with Crippen LogP contribution < -0.4 is 5.32 Å². The van der Waals surface area contributed by atoms with E-state index in [1.807, 2.05) is 11.8 Å². The molecule has 3 heterocycles. The highest BCUT2D eigenvalue weighted by molar-refractivity contribution is 5.92. The topological polar surface area (TPSA) is 84.2 Å². The quantitative estimate of drug-likeness (QED) is 0.937. The summed E-state index contributed by atoms with van der Waals surface area (Å²) in [5.41, 5.74) is 0.371. The maximum atomic E-state index is 12.4. The third-order valence-corrected chi connectivity index (χ3v) is 3.70. The molecule has 0 saturated carbocycles. The normalized spacial score (nSPS) is 18.3. The van der Waals surface area contributed by atoms with Gasteiger partial charge in [-0.3, -0.25) is 4.79 Å². The predicted octanol–water partition coefficient (Wildman–Crippen LogP) is 2.39. The number of nitrogens with zero attached hydrogens (tertiary/aromatic N) is 4. The SMILES string of the molecule is Cc1cc(Nc2cnc(C(=O)N3CCCC(C)C3)cn2)no1. The fourth-order valence-corrected chi connectivity index (χ4v) is 2.60. The molecule has 2 aromatic rings. The van der Waals surface area contributed by atoms with E-state index in [1.54, 1.807) is 6.07 Å². The van der Waals surface area contributed by atoms with Crippen LogP contribution in [0.2, 0.25) is 0 Å². The maximum absolute atomic E-state index is 12.4. The first-order valence-electron chi connectivity index (χ1n) is 7.43. The molecule has 0 aliphatic carbocycles.